The predicted molar refractivity (Wildman–Crippen MR) is 150 cm³/mol. The second kappa shape index (κ2) is 11.1. The predicted octanol–water partition coefficient (Wildman–Crippen LogP) is 2.87. The lowest BCUT2D eigenvalue weighted by atomic mass is 10.1. The third-order valence-electron chi connectivity index (χ3n) is 7.07. The molecule has 0 amide bonds. The summed E-state index contributed by atoms with van der Waals surface area (Å²) in [5.41, 5.74) is 3.73. The molecule has 0 radical (unpaired) electrons. The minimum Gasteiger partial charge on any atom is -0.462 e. The van der Waals surface area contributed by atoms with Crippen molar-refractivity contribution >= 4 is 40.0 Å². The van der Waals surface area contributed by atoms with Gasteiger partial charge in [0.1, 0.15) is 16.5 Å². The number of aliphatic hydroxyl groups excluding tert-OH is 1. The van der Waals surface area contributed by atoms with Crippen LogP contribution in [-0.4, -0.2) is 79.0 Å². The monoisotopic (exact) mass is 562 g/mol. The fraction of sp³-hybridized carbons (Fsp3) is 0.423. The molecule has 13 nitrogen and oxygen atoms in total. The molecule has 40 heavy (non-hydrogen) atoms. The van der Waals surface area contributed by atoms with E-state index in [4.69, 9.17) is 14.7 Å². The molecule has 6 rings (SSSR count). The Balaban J connectivity index is 1.29. The number of aryl methyl sites for hydroxylation is 1. The number of anilines is 4. The zero-order valence-corrected chi connectivity index (χ0v) is 23.1. The number of rotatable bonds is 8. The molecular weight excluding hydrogens is 532 g/mol. The Kier molecular flexibility index (Phi) is 7.26. The number of esters is 1. The van der Waals surface area contributed by atoms with Gasteiger partial charge in [-0.05, 0) is 43.9 Å². The number of carbonyl (C=O) groups excluding carboxylic acids is 1. The summed E-state index contributed by atoms with van der Waals surface area (Å²) >= 11 is 1.23. The minimum absolute atomic E-state index is 0.282. The third-order valence-corrected chi connectivity index (χ3v) is 8.12. The van der Waals surface area contributed by atoms with Crippen molar-refractivity contribution in [3.8, 4) is 11.4 Å². The molecule has 3 N–H and O–H groups in total. The highest BCUT2D eigenvalue weighted by atomic mass is 32.1. The molecule has 0 aliphatic carbocycles. The number of hydrogen-bond acceptors (Lipinski definition) is 13. The summed E-state index contributed by atoms with van der Waals surface area (Å²) in [6.45, 7) is 6.81. The van der Waals surface area contributed by atoms with Gasteiger partial charge in [0.15, 0.2) is 5.13 Å². The molecule has 1 saturated heterocycles. The zero-order valence-electron chi connectivity index (χ0n) is 22.3. The molecule has 3 aromatic heterocycles. The molecule has 14 heteroatoms. The van der Waals surface area contributed by atoms with E-state index in [1.165, 1.54) is 11.3 Å². The van der Waals surface area contributed by atoms with Crippen LogP contribution >= 0.6 is 11.3 Å². The molecular formula is C26H30N10O3S. The highest BCUT2D eigenvalue weighted by molar-refractivity contribution is 7.17. The number of aliphatic hydroxyl groups is 1. The number of benzene rings is 1. The molecule has 1 fully saturated rings. The van der Waals surface area contributed by atoms with Crippen molar-refractivity contribution < 1.29 is 14.6 Å². The first kappa shape index (κ1) is 26.1. The van der Waals surface area contributed by atoms with Crippen molar-refractivity contribution in [2.75, 3.05) is 41.4 Å². The second-order valence-electron chi connectivity index (χ2n) is 9.77. The average Bonchev–Trinajstić information content (AvgIpc) is 3.71. The highest BCUT2D eigenvalue weighted by Gasteiger charge is 2.30. The van der Waals surface area contributed by atoms with Crippen LogP contribution in [0.5, 0.6) is 0 Å². The van der Waals surface area contributed by atoms with Crippen molar-refractivity contribution in [2.24, 2.45) is 0 Å². The number of thiazole rings is 1. The lowest BCUT2D eigenvalue weighted by molar-refractivity contribution is 0.0531. The van der Waals surface area contributed by atoms with Gasteiger partial charge in [-0.15, -0.1) is 10.2 Å². The van der Waals surface area contributed by atoms with E-state index in [0.29, 0.717) is 53.5 Å². The Hall–Kier alpha value is -4.17. The number of ether oxygens (including phenoxy) is 1. The van der Waals surface area contributed by atoms with Gasteiger partial charge in [-0.25, -0.2) is 9.78 Å². The maximum Gasteiger partial charge on any atom is 0.350 e. The first-order valence-corrected chi connectivity index (χ1v) is 14.1. The van der Waals surface area contributed by atoms with Gasteiger partial charge < -0.3 is 19.6 Å². The number of piperidine rings is 1. The number of aromatic amines is 1. The first-order chi connectivity index (χ1) is 19.5. The fourth-order valence-electron chi connectivity index (χ4n) is 5.04. The number of carbonyl (C=O) groups is 1. The van der Waals surface area contributed by atoms with Gasteiger partial charge in [0, 0.05) is 37.3 Å². The van der Waals surface area contributed by atoms with Gasteiger partial charge in [0.05, 0.1) is 18.4 Å². The molecule has 1 aromatic carbocycles. The average molecular weight is 563 g/mol. The number of H-pyrrole nitrogens is 1. The van der Waals surface area contributed by atoms with Gasteiger partial charge in [0.25, 0.3) is 0 Å². The van der Waals surface area contributed by atoms with Gasteiger partial charge in [-0.1, -0.05) is 35.6 Å². The number of fused-ring (bicyclic) bond motifs is 1. The molecule has 5 heterocycles. The summed E-state index contributed by atoms with van der Waals surface area (Å²) in [6.07, 6.45) is 1.95. The molecule has 208 valence electrons. The number of aromatic nitrogens is 7. The van der Waals surface area contributed by atoms with Gasteiger partial charge in [-0.2, -0.15) is 15.2 Å². The van der Waals surface area contributed by atoms with Crippen LogP contribution in [0.2, 0.25) is 0 Å². The first-order valence-electron chi connectivity index (χ1n) is 13.3. The Morgan fingerprint density at radius 1 is 1.15 bits per heavy atom. The Morgan fingerprint density at radius 2 is 1.93 bits per heavy atom. The standard InChI is InChI=1S/C26H30N10O3S/c1-3-39-24(38)20-15(2)27-26(40-20)30-25-28-22(35-11-8-18(37)9-12-35)19-10-13-36(23(19)29-25)14-16-4-6-17(7-5-16)21-31-33-34-32-21/h4-7,18,37H,3,8-14H2,1-2H3,(H,27,28,29,30)(H,31,32,33,34). The van der Waals surface area contributed by atoms with Crippen molar-refractivity contribution in [3.05, 3.63) is 46.0 Å². The van der Waals surface area contributed by atoms with Crippen LogP contribution in [0, 0.1) is 6.92 Å². The normalized spacial score (nSPS) is 15.4. The van der Waals surface area contributed by atoms with Gasteiger partial charge in [0.2, 0.25) is 11.8 Å². The van der Waals surface area contributed by atoms with Crippen molar-refractivity contribution in [1.82, 2.24) is 35.6 Å². The smallest absolute Gasteiger partial charge is 0.350 e. The highest BCUT2D eigenvalue weighted by Crippen LogP contribution is 2.37. The topological polar surface area (TPSA) is 158 Å². The molecule has 4 aromatic rings. The molecule has 0 spiro atoms. The van der Waals surface area contributed by atoms with E-state index in [2.05, 4.69) is 52.9 Å². The van der Waals surface area contributed by atoms with Crippen LogP contribution < -0.4 is 15.1 Å². The van der Waals surface area contributed by atoms with E-state index in [1.807, 2.05) is 12.1 Å². The SMILES string of the molecule is CCOC(=O)c1sc(Nc2nc(N3CCC(O)CC3)c3c(n2)N(Cc2ccc(-c4nn[nH]n4)cc2)CC3)nc1C. The summed E-state index contributed by atoms with van der Waals surface area (Å²) in [5.74, 6) is 2.35. The summed E-state index contributed by atoms with van der Waals surface area (Å²) in [6, 6.07) is 8.10. The lowest BCUT2D eigenvalue weighted by Crippen LogP contribution is -2.37. The summed E-state index contributed by atoms with van der Waals surface area (Å²) in [4.78, 5) is 31.6. The molecule has 2 aliphatic rings. The molecule has 0 saturated carbocycles. The van der Waals surface area contributed by atoms with Crippen LogP contribution in [-0.2, 0) is 17.7 Å². The van der Waals surface area contributed by atoms with E-state index in [9.17, 15) is 9.90 Å². The van der Waals surface area contributed by atoms with E-state index in [0.717, 1.165) is 54.4 Å². The summed E-state index contributed by atoms with van der Waals surface area (Å²) in [5, 5.41) is 28.1. The van der Waals surface area contributed by atoms with Crippen LogP contribution in [0.15, 0.2) is 24.3 Å². The van der Waals surface area contributed by atoms with E-state index < -0.39 is 0 Å². The lowest BCUT2D eigenvalue weighted by Gasteiger charge is -2.32. The zero-order chi connectivity index (χ0) is 27.6. The fourth-order valence-corrected chi connectivity index (χ4v) is 5.90. The number of hydrogen-bond donors (Lipinski definition) is 3. The Labute approximate surface area is 234 Å². The number of nitrogens with one attached hydrogen (secondary N) is 2. The van der Waals surface area contributed by atoms with E-state index in [-0.39, 0.29) is 12.1 Å². The largest absolute Gasteiger partial charge is 0.462 e. The van der Waals surface area contributed by atoms with Gasteiger partial charge >= 0.3 is 5.97 Å². The minimum atomic E-state index is -0.385. The van der Waals surface area contributed by atoms with Crippen LogP contribution in [0.3, 0.4) is 0 Å². The second-order valence-corrected chi connectivity index (χ2v) is 10.8. The van der Waals surface area contributed by atoms with Crippen LogP contribution in [0.1, 0.15) is 46.3 Å². The van der Waals surface area contributed by atoms with Crippen LogP contribution in [0.4, 0.5) is 22.7 Å². The van der Waals surface area contributed by atoms with Crippen molar-refractivity contribution in [1.29, 1.82) is 0 Å². The number of nitrogens with zero attached hydrogens (tertiary/aromatic N) is 8. The number of tetrazole rings is 1. The Morgan fingerprint density at radius 3 is 2.65 bits per heavy atom. The molecule has 0 atom stereocenters. The van der Waals surface area contributed by atoms with Crippen LogP contribution in [0.25, 0.3) is 11.4 Å². The van der Waals surface area contributed by atoms with Crippen molar-refractivity contribution in [2.45, 2.75) is 45.8 Å². The molecule has 0 unspecified atom stereocenters. The van der Waals surface area contributed by atoms with Gasteiger partial charge in [-0.3, -0.25) is 5.32 Å². The maximum absolute atomic E-state index is 12.3. The van der Waals surface area contributed by atoms with Crippen molar-refractivity contribution in [3.63, 3.8) is 0 Å². The Bertz CT molecular complexity index is 1480. The maximum atomic E-state index is 12.3. The molecule has 0 bridgehead atoms. The summed E-state index contributed by atoms with van der Waals surface area (Å²) in [7, 11) is 0. The van der Waals surface area contributed by atoms with E-state index in [1.54, 1.807) is 13.8 Å². The van der Waals surface area contributed by atoms with E-state index >= 15 is 0 Å². The quantitative estimate of drug-likeness (QED) is 0.270. The molecule has 2 aliphatic heterocycles. The summed E-state index contributed by atoms with van der Waals surface area (Å²) < 4.78 is 5.17. The third kappa shape index (κ3) is 5.31.